The molecular weight excluding hydrogens is 1020 g/mol. The molecule has 0 spiro atoms. The highest BCUT2D eigenvalue weighted by Crippen LogP contribution is 2.17. The second-order valence-electron chi connectivity index (χ2n) is 24.5. The van der Waals surface area contributed by atoms with Crippen LogP contribution in [-0.4, -0.2) is 37.2 Å². The minimum Gasteiger partial charge on any atom is -0.462 e. The molecule has 0 bridgehead atoms. The van der Waals surface area contributed by atoms with Gasteiger partial charge >= 0.3 is 17.9 Å². The molecule has 1 atom stereocenters. The summed E-state index contributed by atoms with van der Waals surface area (Å²) in [6, 6.07) is 0. The lowest BCUT2D eigenvalue weighted by molar-refractivity contribution is -0.167. The summed E-state index contributed by atoms with van der Waals surface area (Å²) in [5.74, 6) is -0.876. The van der Waals surface area contributed by atoms with Crippen molar-refractivity contribution in [3.63, 3.8) is 0 Å². The van der Waals surface area contributed by atoms with Crippen LogP contribution in [0.5, 0.6) is 0 Å². The van der Waals surface area contributed by atoms with Gasteiger partial charge in [-0.3, -0.25) is 14.4 Å². The fourth-order valence-electron chi connectivity index (χ4n) is 10.7. The summed E-state index contributed by atoms with van der Waals surface area (Å²) >= 11 is 0. The Labute approximate surface area is 516 Å². The van der Waals surface area contributed by atoms with Gasteiger partial charge in [0.2, 0.25) is 0 Å². The molecule has 83 heavy (non-hydrogen) atoms. The van der Waals surface area contributed by atoms with Crippen molar-refractivity contribution in [1.82, 2.24) is 0 Å². The van der Waals surface area contributed by atoms with E-state index in [4.69, 9.17) is 14.2 Å². The Bertz CT molecular complexity index is 1520. The monoisotopic (exact) mass is 1160 g/mol. The first-order valence-electron chi connectivity index (χ1n) is 36.4. The molecule has 0 aliphatic heterocycles. The minimum absolute atomic E-state index is 0.0804. The van der Waals surface area contributed by atoms with E-state index >= 15 is 0 Å². The molecule has 0 aliphatic rings. The zero-order valence-corrected chi connectivity index (χ0v) is 55.5. The summed E-state index contributed by atoms with van der Waals surface area (Å²) in [6.07, 6.45) is 93.5. The first kappa shape index (κ1) is 79.8. The molecule has 0 heterocycles. The average molecular weight is 1160 g/mol. The molecule has 0 amide bonds. The molecule has 1 unspecified atom stereocenters. The molecule has 0 aromatic heterocycles. The molecule has 0 aromatic rings. The SMILES string of the molecule is CCCCCCC/C=C\C/C=C\C/C=C\CCCCCCCCC(=O)OC(COC(=O)CCCCCCCCCCC/C=C\C/C=C\CCCCCCC)COC(=O)CCCCCCCCCCCCC/C=C\CCCCCCCCCC. The van der Waals surface area contributed by atoms with Gasteiger partial charge in [-0.05, 0) is 116 Å². The van der Waals surface area contributed by atoms with E-state index < -0.39 is 6.10 Å². The highest BCUT2D eigenvalue weighted by molar-refractivity contribution is 5.71. The Morgan fingerprint density at radius 3 is 0.687 bits per heavy atom. The summed E-state index contributed by atoms with van der Waals surface area (Å²) in [5, 5.41) is 0. The summed E-state index contributed by atoms with van der Waals surface area (Å²) in [4.78, 5) is 38.5. The van der Waals surface area contributed by atoms with Crippen LogP contribution in [0.1, 0.15) is 380 Å². The van der Waals surface area contributed by atoms with Crippen LogP contribution in [0.25, 0.3) is 0 Å². The van der Waals surface area contributed by atoms with Gasteiger partial charge in [0.1, 0.15) is 13.2 Å². The zero-order valence-electron chi connectivity index (χ0n) is 55.5. The summed E-state index contributed by atoms with van der Waals surface area (Å²) in [6.45, 7) is 6.66. The normalized spacial score (nSPS) is 12.5. The average Bonchev–Trinajstić information content (AvgIpc) is 3.49. The van der Waals surface area contributed by atoms with Crippen molar-refractivity contribution in [2.45, 2.75) is 386 Å². The Hall–Kier alpha value is -3.15. The highest BCUT2D eigenvalue weighted by Gasteiger charge is 2.19. The van der Waals surface area contributed by atoms with Gasteiger partial charge < -0.3 is 14.2 Å². The van der Waals surface area contributed by atoms with Crippen molar-refractivity contribution < 1.29 is 28.6 Å². The maximum atomic E-state index is 13.0. The number of allylic oxidation sites excluding steroid dienone is 12. The lowest BCUT2D eigenvalue weighted by Crippen LogP contribution is -2.30. The van der Waals surface area contributed by atoms with Gasteiger partial charge in [0.25, 0.3) is 0 Å². The second kappa shape index (κ2) is 71.3. The van der Waals surface area contributed by atoms with Crippen molar-refractivity contribution in [3.8, 4) is 0 Å². The highest BCUT2D eigenvalue weighted by atomic mass is 16.6. The number of carbonyl (C=O) groups is 3. The number of hydrogen-bond donors (Lipinski definition) is 0. The minimum atomic E-state index is -0.787. The number of rotatable bonds is 67. The van der Waals surface area contributed by atoms with Gasteiger partial charge in [0, 0.05) is 19.3 Å². The quantitative estimate of drug-likeness (QED) is 0.0261. The molecule has 482 valence electrons. The van der Waals surface area contributed by atoms with E-state index in [0.717, 1.165) is 89.9 Å². The van der Waals surface area contributed by atoms with Crippen molar-refractivity contribution in [3.05, 3.63) is 72.9 Å². The molecule has 6 heteroatoms. The van der Waals surface area contributed by atoms with E-state index in [0.29, 0.717) is 19.3 Å². The summed E-state index contributed by atoms with van der Waals surface area (Å²) in [5.41, 5.74) is 0. The van der Waals surface area contributed by atoms with Crippen LogP contribution in [0.3, 0.4) is 0 Å². The topological polar surface area (TPSA) is 78.9 Å². The van der Waals surface area contributed by atoms with Crippen LogP contribution in [0.2, 0.25) is 0 Å². The lowest BCUT2D eigenvalue weighted by Gasteiger charge is -2.18. The fourth-order valence-corrected chi connectivity index (χ4v) is 10.7. The molecule has 0 radical (unpaired) electrons. The lowest BCUT2D eigenvalue weighted by atomic mass is 10.0. The maximum absolute atomic E-state index is 13.0. The van der Waals surface area contributed by atoms with Gasteiger partial charge in [-0.2, -0.15) is 0 Å². The molecule has 0 aliphatic carbocycles. The van der Waals surface area contributed by atoms with Gasteiger partial charge in [0.05, 0.1) is 0 Å². The van der Waals surface area contributed by atoms with E-state index in [1.54, 1.807) is 0 Å². The molecule has 0 N–H and O–H groups in total. The van der Waals surface area contributed by atoms with E-state index in [1.807, 2.05) is 0 Å². The number of unbranched alkanes of at least 4 members (excludes halogenated alkanes) is 44. The van der Waals surface area contributed by atoms with E-state index in [-0.39, 0.29) is 31.1 Å². The van der Waals surface area contributed by atoms with Gasteiger partial charge in [-0.25, -0.2) is 0 Å². The van der Waals surface area contributed by atoms with Crippen LogP contribution in [-0.2, 0) is 28.6 Å². The van der Waals surface area contributed by atoms with Crippen molar-refractivity contribution in [2.75, 3.05) is 13.2 Å². The Kier molecular flexibility index (Phi) is 68.6. The number of hydrogen-bond acceptors (Lipinski definition) is 6. The second-order valence-corrected chi connectivity index (χ2v) is 24.5. The summed E-state index contributed by atoms with van der Waals surface area (Å²) in [7, 11) is 0. The third-order valence-corrected chi connectivity index (χ3v) is 16.2. The summed E-state index contributed by atoms with van der Waals surface area (Å²) < 4.78 is 17.0. The standard InChI is InChI=1S/C77H138O6/c1-4-7-10-13-16-19-22-25-28-31-34-37-38-41-43-46-49-52-55-58-61-64-67-70-76(79)82-73-74(83-77(80)71-68-65-62-59-56-53-50-47-44-40-36-33-30-27-24-21-18-15-12-9-6-3)72-81-75(78)69-66-63-60-57-54-51-48-45-42-39-35-32-29-26-23-20-17-14-11-8-5-2/h23-24,26-27,31-36,44,47,74H,4-22,25,28-30,37-43,45-46,48-73H2,1-3H3/b26-23-,27-24-,34-31-,35-32-,36-33-,47-44-. The van der Waals surface area contributed by atoms with Crippen molar-refractivity contribution in [1.29, 1.82) is 0 Å². The molecule has 0 saturated heterocycles. The van der Waals surface area contributed by atoms with Crippen LogP contribution < -0.4 is 0 Å². The Morgan fingerprint density at radius 2 is 0.434 bits per heavy atom. The molecule has 0 aromatic carbocycles. The Balaban J connectivity index is 4.38. The first-order chi connectivity index (χ1) is 41.0. The molecule has 0 rings (SSSR count). The third-order valence-electron chi connectivity index (χ3n) is 16.2. The number of esters is 3. The van der Waals surface area contributed by atoms with Crippen LogP contribution in [0.4, 0.5) is 0 Å². The van der Waals surface area contributed by atoms with Crippen LogP contribution >= 0.6 is 0 Å². The molecule has 0 fully saturated rings. The number of carbonyl (C=O) groups excluding carboxylic acids is 3. The Morgan fingerprint density at radius 1 is 0.241 bits per heavy atom. The van der Waals surface area contributed by atoms with E-state index in [2.05, 4.69) is 93.7 Å². The predicted octanol–water partition coefficient (Wildman–Crippen LogP) is 25.2. The van der Waals surface area contributed by atoms with Crippen molar-refractivity contribution >= 4 is 17.9 Å². The zero-order chi connectivity index (χ0) is 59.9. The van der Waals surface area contributed by atoms with Gasteiger partial charge in [-0.15, -0.1) is 0 Å². The molecule has 6 nitrogen and oxygen atoms in total. The smallest absolute Gasteiger partial charge is 0.306 e. The van der Waals surface area contributed by atoms with E-state index in [1.165, 1.54) is 250 Å². The van der Waals surface area contributed by atoms with Crippen molar-refractivity contribution in [2.24, 2.45) is 0 Å². The van der Waals surface area contributed by atoms with Crippen LogP contribution in [0, 0.1) is 0 Å². The molecular formula is C77H138O6. The fraction of sp³-hybridized carbons (Fsp3) is 0.805. The first-order valence-corrected chi connectivity index (χ1v) is 36.4. The maximum Gasteiger partial charge on any atom is 0.306 e. The van der Waals surface area contributed by atoms with E-state index in [9.17, 15) is 14.4 Å². The molecule has 0 saturated carbocycles. The largest absolute Gasteiger partial charge is 0.462 e. The van der Waals surface area contributed by atoms with Gasteiger partial charge in [0.15, 0.2) is 6.10 Å². The van der Waals surface area contributed by atoms with Crippen LogP contribution in [0.15, 0.2) is 72.9 Å². The predicted molar refractivity (Wildman–Crippen MR) is 362 cm³/mol. The third kappa shape index (κ3) is 69.5. The van der Waals surface area contributed by atoms with Gasteiger partial charge in [-0.1, -0.05) is 318 Å². The number of ether oxygens (including phenoxy) is 3.